The Kier molecular flexibility index (Phi) is 2.65. The molecule has 0 saturated heterocycles. The zero-order valence-electron chi connectivity index (χ0n) is 8.92. The van der Waals surface area contributed by atoms with Crippen molar-refractivity contribution in [3.8, 4) is 0 Å². The van der Waals surface area contributed by atoms with Crippen LogP contribution in [0.1, 0.15) is 18.9 Å². The summed E-state index contributed by atoms with van der Waals surface area (Å²) in [6.07, 6.45) is 0.411. The van der Waals surface area contributed by atoms with Crippen LogP contribution >= 0.6 is 12.2 Å². The molecule has 1 aliphatic heterocycles. The van der Waals surface area contributed by atoms with Gasteiger partial charge in [0.15, 0.2) is 10.8 Å². The van der Waals surface area contributed by atoms with Gasteiger partial charge in [-0.2, -0.15) is 5.10 Å². The van der Waals surface area contributed by atoms with E-state index in [2.05, 4.69) is 5.10 Å². The largest absolute Gasteiger partial charge is 0.375 e. The Morgan fingerprint density at radius 1 is 1.50 bits per heavy atom. The van der Waals surface area contributed by atoms with Crippen LogP contribution in [0.15, 0.2) is 35.4 Å². The number of benzene rings is 1. The maximum absolute atomic E-state index is 10.6. The van der Waals surface area contributed by atoms with Crippen LogP contribution in [0.4, 0.5) is 0 Å². The molecule has 0 unspecified atom stereocenters. The second-order valence-electron chi connectivity index (χ2n) is 3.84. The van der Waals surface area contributed by atoms with Crippen LogP contribution in [0.2, 0.25) is 0 Å². The molecule has 0 aromatic heterocycles. The molecule has 5 heteroatoms. The van der Waals surface area contributed by atoms with Gasteiger partial charge in [-0.1, -0.05) is 30.3 Å². The fourth-order valence-electron chi connectivity index (χ4n) is 1.88. The van der Waals surface area contributed by atoms with Crippen molar-refractivity contribution in [2.24, 2.45) is 10.8 Å². The van der Waals surface area contributed by atoms with Crippen LogP contribution < -0.4 is 5.73 Å². The summed E-state index contributed by atoms with van der Waals surface area (Å²) in [5.74, 6) is 0. The van der Waals surface area contributed by atoms with Gasteiger partial charge in [0.25, 0.3) is 0 Å². The molecule has 0 spiro atoms. The molecular weight excluding hydrogens is 222 g/mol. The molecule has 0 bridgehead atoms. The average Bonchev–Trinajstić information content (AvgIpc) is 2.57. The fraction of sp³-hybridized carbons (Fsp3) is 0.273. The van der Waals surface area contributed by atoms with E-state index in [0.29, 0.717) is 6.42 Å². The number of hydrazone groups is 1. The average molecular weight is 235 g/mol. The van der Waals surface area contributed by atoms with Crippen molar-refractivity contribution in [1.29, 1.82) is 0 Å². The quantitative estimate of drug-likeness (QED) is 0.717. The van der Waals surface area contributed by atoms with Crippen molar-refractivity contribution in [3.63, 3.8) is 0 Å². The normalized spacial score (nSPS) is 24.4. The first-order valence-corrected chi connectivity index (χ1v) is 5.36. The molecule has 2 rings (SSSR count). The number of rotatable bonds is 1. The molecule has 1 aliphatic rings. The molecular formula is C11H13N3OS. The van der Waals surface area contributed by atoms with Crippen molar-refractivity contribution >= 4 is 23.0 Å². The van der Waals surface area contributed by atoms with Crippen molar-refractivity contribution in [3.05, 3.63) is 35.9 Å². The summed E-state index contributed by atoms with van der Waals surface area (Å²) in [5.41, 5.74) is 5.87. The van der Waals surface area contributed by atoms with Crippen LogP contribution in [-0.4, -0.2) is 20.9 Å². The number of nitrogens with two attached hydrogens (primary N) is 1. The lowest BCUT2D eigenvalue weighted by Gasteiger charge is -2.31. The number of hydrogen-bond acceptors (Lipinski definition) is 3. The van der Waals surface area contributed by atoms with E-state index >= 15 is 0 Å². The van der Waals surface area contributed by atoms with Gasteiger partial charge in [-0.25, -0.2) is 5.01 Å². The topological polar surface area (TPSA) is 61.8 Å². The zero-order chi connectivity index (χ0) is 11.8. The van der Waals surface area contributed by atoms with Gasteiger partial charge in [-0.05, 0) is 19.1 Å². The van der Waals surface area contributed by atoms with E-state index in [1.807, 2.05) is 37.3 Å². The van der Waals surface area contributed by atoms with E-state index < -0.39 is 5.72 Å². The molecule has 0 amide bonds. The molecule has 0 radical (unpaired) electrons. The lowest BCUT2D eigenvalue weighted by molar-refractivity contribution is -0.0564. The van der Waals surface area contributed by atoms with Gasteiger partial charge in [0.05, 0.1) is 0 Å². The summed E-state index contributed by atoms with van der Waals surface area (Å²) in [5, 5.41) is 16.1. The highest BCUT2D eigenvalue weighted by atomic mass is 32.1. The molecule has 0 aliphatic carbocycles. The van der Waals surface area contributed by atoms with Crippen LogP contribution in [0.25, 0.3) is 0 Å². The zero-order valence-corrected chi connectivity index (χ0v) is 9.74. The summed E-state index contributed by atoms with van der Waals surface area (Å²) in [6.45, 7) is 1.84. The molecule has 1 aromatic carbocycles. The summed E-state index contributed by atoms with van der Waals surface area (Å²) in [4.78, 5) is 0. The predicted octanol–water partition coefficient (Wildman–Crippen LogP) is 1.16. The molecule has 84 valence electrons. The highest BCUT2D eigenvalue weighted by Crippen LogP contribution is 2.34. The highest BCUT2D eigenvalue weighted by Gasteiger charge is 2.42. The van der Waals surface area contributed by atoms with Gasteiger partial charge in [-0.3, -0.25) is 0 Å². The maximum atomic E-state index is 10.6. The number of aliphatic hydroxyl groups is 1. The molecule has 1 heterocycles. The molecule has 1 atom stereocenters. The molecule has 0 saturated carbocycles. The van der Waals surface area contributed by atoms with Crippen LogP contribution in [0.3, 0.4) is 0 Å². The Morgan fingerprint density at radius 3 is 2.69 bits per heavy atom. The van der Waals surface area contributed by atoms with E-state index in [9.17, 15) is 5.11 Å². The lowest BCUT2D eigenvalue weighted by atomic mass is 9.98. The van der Waals surface area contributed by atoms with Gasteiger partial charge in [0.1, 0.15) is 0 Å². The third-order valence-electron chi connectivity index (χ3n) is 2.57. The van der Waals surface area contributed by atoms with Gasteiger partial charge in [0, 0.05) is 17.7 Å². The summed E-state index contributed by atoms with van der Waals surface area (Å²) < 4.78 is 0. The lowest BCUT2D eigenvalue weighted by Crippen LogP contribution is -2.45. The van der Waals surface area contributed by atoms with Crippen LogP contribution in [0, 0.1) is 0 Å². The Morgan fingerprint density at radius 2 is 2.12 bits per heavy atom. The first kappa shape index (κ1) is 11.0. The maximum Gasteiger partial charge on any atom is 0.192 e. The Balaban J connectivity index is 2.43. The first-order valence-electron chi connectivity index (χ1n) is 4.96. The fourth-order valence-corrected chi connectivity index (χ4v) is 2.07. The second-order valence-corrected chi connectivity index (χ2v) is 4.26. The molecule has 3 N–H and O–H groups in total. The smallest absolute Gasteiger partial charge is 0.192 e. The van der Waals surface area contributed by atoms with E-state index in [1.54, 1.807) is 0 Å². The minimum Gasteiger partial charge on any atom is -0.375 e. The monoisotopic (exact) mass is 235 g/mol. The van der Waals surface area contributed by atoms with Crippen molar-refractivity contribution in [2.75, 3.05) is 0 Å². The van der Waals surface area contributed by atoms with Crippen LogP contribution in [0.5, 0.6) is 0 Å². The summed E-state index contributed by atoms with van der Waals surface area (Å²) in [6, 6.07) is 9.27. The summed E-state index contributed by atoms with van der Waals surface area (Å²) in [7, 11) is 0. The van der Waals surface area contributed by atoms with Crippen molar-refractivity contribution in [2.45, 2.75) is 19.1 Å². The summed E-state index contributed by atoms with van der Waals surface area (Å²) >= 11 is 4.89. The minimum absolute atomic E-state index is 0.0724. The van der Waals surface area contributed by atoms with E-state index in [1.165, 1.54) is 5.01 Å². The first-order chi connectivity index (χ1) is 7.54. The number of nitrogens with zero attached hydrogens (tertiary/aromatic N) is 2. The Hall–Kier alpha value is -1.46. The van der Waals surface area contributed by atoms with Crippen molar-refractivity contribution < 1.29 is 5.11 Å². The Labute approximate surface area is 99.4 Å². The highest BCUT2D eigenvalue weighted by molar-refractivity contribution is 7.80. The Bertz CT molecular complexity index is 446. The second kappa shape index (κ2) is 3.84. The van der Waals surface area contributed by atoms with E-state index in [0.717, 1.165) is 11.3 Å². The van der Waals surface area contributed by atoms with Crippen LogP contribution in [-0.2, 0) is 5.72 Å². The minimum atomic E-state index is -1.24. The van der Waals surface area contributed by atoms with E-state index in [-0.39, 0.29) is 5.11 Å². The van der Waals surface area contributed by atoms with Gasteiger partial charge >= 0.3 is 0 Å². The third kappa shape index (κ3) is 1.68. The molecule has 0 fully saturated rings. The van der Waals surface area contributed by atoms with Crippen molar-refractivity contribution in [1.82, 2.24) is 5.01 Å². The van der Waals surface area contributed by atoms with Gasteiger partial charge in [-0.15, -0.1) is 0 Å². The molecule has 1 aromatic rings. The molecule has 16 heavy (non-hydrogen) atoms. The third-order valence-corrected chi connectivity index (χ3v) is 2.74. The number of hydrogen-bond donors (Lipinski definition) is 2. The standard InChI is InChI=1S/C11H13N3OS/c1-8-7-11(15,14(13-8)10(12)16)9-5-3-2-4-6-9/h2-6,15H,7H2,1H3,(H2,12,16)/t11-/m1/s1. The van der Waals surface area contributed by atoms with Gasteiger partial charge in [0.2, 0.25) is 0 Å². The SMILES string of the molecule is CC1=NN(C(N)=S)[C@](O)(c2ccccc2)C1. The molecule has 4 nitrogen and oxygen atoms in total. The van der Waals surface area contributed by atoms with E-state index in [4.69, 9.17) is 18.0 Å². The van der Waals surface area contributed by atoms with Gasteiger partial charge < -0.3 is 10.8 Å². The predicted molar refractivity (Wildman–Crippen MR) is 66.7 cm³/mol. The number of thiocarbonyl (C=S) groups is 1.